The fourth-order valence-electron chi connectivity index (χ4n) is 3.36. The molecule has 4 nitrogen and oxygen atoms in total. The lowest BCUT2D eigenvalue weighted by atomic mass is 9.94. The molecule has 4 rings (SSSR count). The number of phenols is 1. The molecule has 2 aromatic carbocycles. The predicted molar refractivity (Wildman–Crippen MR) is 88.6 cm³/mol. The Morgan fingerprint density at radius 1 is 0.957 bits per heavy atom. The maximum Gasteiger partial charge on any atom is 0.125 e. The van der Waals surface area contributed by atoms with Crippen molar-refractivity contribution in [2.24, 2.45) is 0 Å². The Hall–Kier alpha value is -2.30. The van der Waals surface area contributed by atoms with Crippen molar-refractivity contribution in [3.63, 3.8) is 0 Å². The monoisotopic (exact) mass is 309 g/mol. The molecule has 1 fully saturated rings. The van der Waals surface area contributed by atoms with Crippen molar-refractivity contribution < 1.29 is 14.3 Å². The van der Waals surface area contributed by atoms with E-state index in [0.717, 1.165) is 35.2 Å². The van der Waals surface area contributed by atoms with E-state index in [0.29, 0.717) is 19.0 Å². The maximum absolute atomic E-state index is 10.6. The Morgan fingerprint density at radius 2 is 1.78 bits per heavy atom. The first-order valence-electron chi connectivity index (χ1n) is 7.90. The Bertz CT molecular complexity index is 791. The molecule has 23 heavy (non-hydrogen) atoms. The second kappa shape index (κ2) is 6.07. The molecule has 1 saturated heterocycles. The van der Waals surface area contributed by atoms with Gasteiger partial charge in [-0.25, -0.2) is 0 Å². The van der Waals surface area contributed by atoms with Gasteiger partial charge in [-0.3, -0.25) is 4.90 Å². The fraction of sp³-hybridized carbons (Fsp3) is 0.263. The van der Waals surface area contributed by atoms with E-state index in [4.69, 9.17) is 9.15 Å². The van der Waals surface area contributed by atoms with Crippen LogP contribution in [0.25, 0.3) is 10.8 Å². The van der Waals surface area contributed by atoms with Crippen LogP contribution in [0.1, 0.15) is 17.4 Å². The van der Waals surface area contributed by atoms with Gasteiger partial charge in [-0.2, -0.15) is 0 Å². The first kappa shape index (κ1) is 14.3. The summed E-state index contributed by atoms with van der Waals surface area (Å²) in [5, 5.41) is 12.8. The van der Waals surface area contributed by atoms with Gasteiger partial charge in [0.25, 0.3) is 0 Å². The van der Waals surface area contributed by atoms with Crippen LogP contribution in [0, 0.1) is 0 Å². The average Bonchev–Trinajstić information content (AvgIpc) is 3.12. The SMILES string of the molecule is Oc1ccc2ccccc2c1C(c1ccco1)N1CCOCC1. The van der Waals surface area contributed by atoms with E-state index >= 15 is 0 Å². The van der Waals surface area contributed by atoms with E-state index in [9.17, 15) is 5.11 Å². The molecule has 2 heterocycles. The number of benzene rings is 2. The predicted octanol–water partition coefficient (Wildman–Crippen LogP) is 3.56. The van der Waals surface area contributed by atoms with E-state index < -0.39 is 0 Å². The normalized spacial score (nSPS) is 17.4. The molecule has 3 aromatic rings. The maximum atomic E-state index is 10.6. The number of furan rings is 1. The molecular formula is C19H19NO3. The number of hydrogen-bond acceptors (Lipinski definition) is 4. The minimum Gasteiger partial charge on any atom is -0.508 e. The molecule has 0 aliphatic carbocycles. The van der Waals surface area contributed by atoms with Gasteiger partial charge >= 0.3 is 0 Å². The summed E-state index contributed by atoms with van der Waals surface area (Å²) in [5.74, 6) is 1.15. The number of hydrogen-bond donors (Lipinski definition) is 1. The van der Waals surface area contributed by atoms with Crippen LogP contribution in [-0.2, 0) is 4.74 Å². The summed E-state index contributed by atoms with van der Waals surface area (Å²) in [7, 11) is 0. The van der Waals surface area contributed by atoms with Crippen LogP contribution in [0.15, 0.2) is 59.2 Å². The second-order valence-corrected chi connectivity index (χ2v) is 5.79. The van der Waals surface area contributed by atoms with Gasteiger partial charge in [-0.15, -0.1) is 0 Å². The lowest BCUT2D eigenvalue weighted by molar-refractivity contribution is 0.0200. The van der Waals surface area contributed by atoms with E-state index in [2.05, 4.69) is 17.0 Å². The van der Waals surface area contributed by atoms with Crippen molar-refractivity contribution in [3.05, 3.63) is 66.1 Å². The largest absolute Gasteiger partial charge is 0.508 e. The zero-order valence-electron chi connectivity index (χ0n) is 12.8. The number of phenolic OH excluding ortho intramolecular Hbond substituents is 1. The first-order chi connectivity index (χ1) is 11.3. The van der Waals surface area contributed by atoms with Crippen molar-refractivity contribution >= 4 is 10.8 Å². The van der Waals surface area contributed by atoms with Gasteiger partial charge in [-0.1, -0.05) is 30.3 Å². The first-order valence-corrected chi connectivity index (χ1v) is 7.90. The molecule has 1 aliphatic heterocycles. The Balaban J connectivity index is 1.91. The zero-order valence-corrected chi connectivity index (χ0v) is 12.8. The topological polar surface area (TPSA) is 45.8 Å². The highest BCUT2D eigenvalue weighted by molar-refractivity contribution is 5.88. The molecule has 1 unspecified atom stereocenters. The molecule has 0 amide bonds. The lowest BCUT2D eigenvalue weighted by Gasteiger charge is -2.34. The van der Waals surface area contributed by atoms with Gasteiger partial charge in [0.1, 0.15) is 11.5 Å². The van der Waals surface area contributed by atoms with Crippen LogP contribution in [0.5, 0.6) is 5.75 Å². The third kappa shape index (κ3) is 2.60. The summed E-state index contributed by atoms with van der Waals surface area (Å²) in [6.45, 7) is 3.02. The Labute approximate surface area is 134 Å². The lowest BCUT2D eigenvalue weighted by Crippen LogP contribution is -2.39. The standard InChI is InChI=1S/C19H19NO3/c21-16-8-7-14-4-1-2-5-15(14)18(16)19(17-6-3-11-23-17)20-9-12-22-13-10-20/h1-8,11,19,21H,9-10,12-13H2. The average molecular weight is 309 g/mol. The smallest absolute Gasteiger partial charge is 0.125 e. The molecule has 4 heteroatoms. The highest BCUT2D eigenvalue weighted by atomic mass is 16.5. The van der Waals surface area contributed by atoms with Crippen LogP contribution < -0.4 is 0 Å². The van der Waals surface area contributed by atoms with Gasteiger partial charge < -0.3 is 14.3 Å². The third-order valence-corrected chi connectivity index (χ3v) is 4.44. The molecule has 1 atom stereocenters. The number of rotatable bonds is 3. The molecule has 1 aromatic heterocycles. The fourth-order valence-corrected chi connectivity index (χ4v) is 3.36. The summed E-state index contributed by atoms with van der Waals surface area (Å²) in [4.78, 5) is 2.31. The molecular weight excluding hydrogens is 290 g/mol. The number of morpholine rings is 1. The van der Waals surface area contributed by atoms with Crippen LogP contribution in [0.4, 0.5) is 0 Å². The van der Waals surface area contributed by atoms with Gasteiger partial charge in [0.05, 0.1) is 25.5 Å². The van der Waals surface area contributed by atoms with E-state index in [-0.39, 0.29) is 6.04 Å². The van der Waals surface area contributed by atoms with Crippen LogP contribution in [-0.4, -0.2) is 36.3 Å². The molecule has 0 spiro atoms. The van der Waals surface area contributed by atoms with E-state index in [1.54, 1.807) is 12.3 Å². The van der Waals surface area contributed by atoms with Crippen LogP contribution in [0.3, 0.4) is 0 Å². The number of aromatic hydroxyl groups is 1. The summed E-state index contributed by atoms with van der Waals surface area (Å²) < 4.78 is 11.2. The van der Waals surface area contributed by atoms with Crippen molar-refractivity contribution in [1.82, 2.24) is 4.90 Å². The van der Waals surface area contributed by atoms with E-state index in [1.165, 1.54) is 0 Å². The van der Waals surface area contributed by atoms with Crippen LogP contribution >= 0.6 is 0 Å². The summed E-state index contributed by atoms with van der Waals surface area (Å²) >= 11 is 0. The molecule has 0 bridgehead atoms. The molecule has 118 valence electrons. The molecule has 0 saturated carbocycles. The number of nitrogens with zero attached hydrogens (tertiary/aromatic N) is 1. The van der Waals surface area contributed by atoms with Gasteiger partial charge in [0.15, 0.2) is 0 Å². The minimum absolute atomic E-state index is 0.111. The highest BCUT2D eigenvalue weighted by Gasteiger charge is 2.29. The molecule has 1 N–H and O–H groups in total. The number of ether oxygens (including phenoxy) is 1. The molecule has 0 radical (unpaired) electrons. The summed E-state index contributed by atoms with van der Waals surface area (Å²) in [6.07, 6.45) is 1.69. The van der Waals surface area contributed by atoms with E-state index in [1.807, 2.05) is 30.3 Å². The molecule has 1 aliphatic rings. The summed E-state index contributed by atoms with van der Waals surface area (Å²) in [6, 6.07) is 15.6. The minimum atomic E-state index is -0.111. The number of fused-ring (bicyclic) bond motifs is 1. The zero-order chi connectivity index (χ0) is 15.6. The van der Waals surface area contributed by atoms with Crippen molar-refractivity contribution in [2.75, 3.05) is 26.3 Å². The Kier molecular flexibility index (Phi) is 3.77. The summed E-state index contributed by atoms with van der Waals surface area (Å²) in [5.41, 5.74) is 0.903. The highest BCUT2D eigenvalue weighted by Crippen LogP contribution is 2.39. The van der Waals surface area contributed by atoms with Gasteiger partial charge in [0.2, 0.25) is 0 Å². The van der Waals surface area contributed by atoms with Gasteiger partial charge in [0, 0.05) is 18.7 Å². The second-order valence-electron chi connectivity index (χ2n) is 5.79. The third-order valence-electron chi connectivity index (χ3n) is 4.44. The Morgan fingerprint density at radius 3 is 2.57 bits per heavy atom. The van der Waals surface area contributed by atoms with Crippen LogP contribution in [0.2, 0.25) is 0 Å². The van der Waals surface area contributed by atoms with Crippen molar-refractivity contribution in [3.8, 4) is 5.75 Å². The quantitative estimate of drug-likeness (QED) is 0.803. The van der Waals surface area contributed by atoms with Crippen molar-refractivity contribution in [2.45, 2.75) is 6.04 Å². The van der Waals surface area contributed by atoms with Gasteiger partial charge in [-0.05, 0) is 29.0 Å². The van der Waals surface area contributed by atoms with Crippen molar-refractivity contribution in [1.29, 1.82) is 0 Å².